The van der Waals surface area contributed by atoms with Crippen LogP contribution in [0.4, 0.5) is 0 Å². The lowest BCUT2D eigenvalue weighted by molar-refractivity contribution is 0.838. The highest BCUT2D eigenvalue weighted by Crippen LogP contribution is 2.40. The molecule has 0 heterocycles. The Labute approximate surface area is 112 Å². The van der Waals surface area contributed by atoms with Crippen LogP contribution in [0.3, 0.4) is 0 Å². The minimum atomic E-state index is -1.74. The van der Waals surface area contributed by atoms with E-state index in [0.717, 1.165) is 0 Å². The van der Waals surface area contributed by atoms with Crippen LogP contribution in [0.15, 0.2) is 11.6 Å². The number of allylic oxidation sites excluding steroid dienone is 2. The van der Waals surface area contributed by atoms with Gasteiger partial charge in [0, 0.05) is 6.08 Å². The zero-order valence-corrected chi connectivity index (χ0v) is 13.2. The fourth-order valence-electron chi connectivity index (χ4n) is 2.76. The Morgan fingerprint density at radius 2 is 1.28 bits per heavy atom. The van der Waals surface area contributed by atoms with E-state index in [1.807, 2.05) is 12.1 Å². The fourth-order valence-corrected chi connectivity index (χ4v) is 7.94. The third-order valence-corrected chi connectivity index (χ3v) is 9.92. The molecular weight excluding hydrogens is 236 g/mol. The lowest BCUT2D eigenvalue weighted by Crippen LogP contribution is -2.43. The van der Waals surface area contributed by atoms with Gasteiger partial charge in [0.05, 0.1) is 0 Å². The summed E-state index contributed by atoms with van der Waals surface area (Å²) in [6.07, 6.45) is 1.45. The third kappa shape index (κ3) is 3.49. The molecule has 2 nitrogen and oxygen atoms in total. The molecule has 0 radical (unpaired) electrons. The lowest BCUT2D eigenvalue weighted by Gasteiger charge is -2.37. The first kappa shape index (κ1) is 16.5. The molecular formula is C15H22N2Si. The summed E-state index contributed by atoms with van der Waals surface area (Å²) >= 11 is 0. The first-order valence-electron chi connectivity index (χ1n) is 6.35. The number of nitrogens with zero attached hydrogens (tertiary/aromatic N) is 2. The predicted molar refractivity (Wildman–Crippen MR) is 78.1 cm³/mol. The summed E-state index contributed by atoms with van der Waals surface area (Å²) in [5.74, 6) is 2.98. The molecule has 18 heavy (non-hydrogen) atoms. The highest BCUT2D eigenvalue weighted by molar-refractivity contribution is 6.90. The average molecular weight is 258 g/mol. The Bertz CT molecular complexity index is 410. The van der Waals surface area contributed by atoms with E-state index >= 15 is 0 Å². The van der Waals surface area contributed by atoms with Crippen LogP contribution < -0.4 is 0 Å². The Morgan fingerprint density at radius 3 is 1.56 bits per heavy atom. The summed E-state index contributed by atoms with van der Waals surface area (Å²) in [5.41, 5.74) is 5.21. The second-order valence-corrected chi connectivity index (χ2v) is 11.0. The van der Waals surface area contributed by atoms with E-state index in [-0.39, 0.29) is 5.57 Å². The molecule has 0 rings (SSSR count). The average Bonchev–Trinajstić information content (AvgIpc) is 2.28. The van der Waals surface area contributed by atoms with Gasteiger partial charge in [0.15, 0.2) is 0 Å². The van der Waals surface area contributed by atoms with Crippen molar-refractivity contribution in [3.63, 3.8) is 0 Å². The van der Waals surface area contributed by atoms with Gasteiger partial charge >= 0.3 is 0 Å². The molecule has 0 fully saturated rings. The van der Waals surface area contributed by atoms with Crippen molar-refractivity contribution < 1.29 is 0 Å². The molecule has 0 aliphatic rings. The molecule has 0 aromatic carbocycles. The van der Waals surface area contributed by atoms with Gasteiger partial charge < -0.3 is 0 Å². The van der Waals surface area contributed by atoms with Gasteiger partial charge in [-0.2, -0.15) is 10.5 Å². The Hall–Kier alpha value is -1.50. The molecule has 0 atom stereocenters. The van der Waals surface area contributed by atoms with E-state index in [1.165, 1.54) is 6.08 Å². The minimum Gasteiger partial charge on any atom is -0.192 e. The monoisotopic (exact) mass is 258 g/mol. The van der Waals surface area contributed by atoms with Gasteiger partial charge in [-0.25, -0.2) is 0 Å². The Balaban J connectivity index is 5.56. The van der Waals surface area contributed by atoms with Crippen molar-refractivity contribution >= 4 is 8.07 Å². The van der Waals surface area contributed by atoms with E-state index in [0.29, 0.717) is 16.6 Å². The van der Waals surface area contributed by atoms with Crippen LogP contribution in [-0.2, 0) is 0 Å². The Morgan fingerprint density at radius 1 is 0.889 bits per heavy atom. The first-order chi connectivity index (χ1) is 8.32. The van der Waals surface area contributed by atoms with Gasteiger partial charge in [-0.3, -0.25) is 0 Å². The molecule has 96 valence electrons. The number of nitriles is 2. The molecule has 0 aliphatic heterocycles. The molecule has 0 aromatic rings. The SMILES string of the molecule is CC(C)[Si](C#CC=C(C#N)C#N)(C(C)C)C(C)C. The van der Waals surface area contributed by atoms with Crippen LogP contribution in [0.2, 0.25) is 16.6 Å². The highest BCUT2D eigenvalue weighted by Gasteiger charge is 2.41. The summed E-state index contributed by atoms with van der Waals surface area (Å²) in [7, 11) is -1.74. The largest absolute Gasteiger partial charge is 0.192 e. The molecule has 0 amide bonds. The normalized spacial score (nSPS) is 10.6. The molecule has 0 spiro atoms. The molecule has 0 saturated carbocycles. The third-order valence-electron chi connectivity index (χ3n) is 3.61. The summed E-state index contributed by atoms with van der Waals surface area (Å²) in [5, 5.41) is 17.4. The summed E-state index contributed by atoms with van der Waals surface area (Å²) < 4.78 is 0. The topological polar surface area (TPSA) is 47.6 Å². The van der Waals surface area contributed by atoms with Crippen LogP contribution in [0, 0.1) is 34.1 Å². The number of hydrogen-bond acceptors (Lipinski definition) is 2. The van der Waals surface area contributed by atoms with Crippen LogP contribution in [0.25, 0.3) is 0 Å². The maximum Gasteiger partial charge on any atom is 0.146 e. The van der Waals surface area contributed by atoms with Crippen LogP contribution in [0.5, 0.6) is 0 Å². The predicted octanol–water partition coefficient (Wildman–Crippen LogP) is 4.18. The number of hydrogen-bond donors (Lipinski definition) is 0. The zero-order chi connectivity index (χ0) is 14.3. The molecule has 0 unspecified atom stereocenters. The molecule has 0 bridgehead atoms. The van der Waals surface area contributed by atoms with Gasteiger partial charge in [0.25, 0.3) is 0 Å². The molecule has 3 heteroatoms. The molecule has 0 aliphatic carbocycles. The smallest absolute Gasteiger partial charge is 0.146 e. The van der Waals surface area contributed by atoms with Gasteiger partial charge in [0.1, 0.15) is 25.8 Å². The van der Waals surface area contributed by atoms with Crippen molar-refractivity contribution in [2.75, 3.05) is 0 Å². The van der Waals surface area contributed by atoms with Crippen LogP contribution in [-0.4, -0.2) is 8.07 Å². The molecule has 0 aromatic heterocycles. The standard InChI is InChI=1S/C15H22N2Si/c1-12(2)18(13(3)4,14(5)6)9-7-8-15(10-16)11-17/h8,12-14H,1-6H3. The van der Waals surface area contributed by atoms with Gasteiger partial charge in [-0.05, 0) is 16.6 Å². The first-order valence-corrected chi connectivity index (χ1v) is 8.59. The van der Waals surface area contributed by atoms with Crippen molar-refractivity contribution in [1.82, 2.24) is 0 Å². The highest BCUT2D eigenvalue weighted by atomic mass is 28.3. The van der Waals surface area contributed by atoms with Crippen molar-refractivity contribution in [2.24, 2.45) is 0 Å². The zero-order valence-electron chi connectivity index (χ0n) is 12.2. The van der Waals surface area contributed by atoms with Crippen molar-refractivity contribution in [3.8, 4) is 23.6 Å². The Kier molecular flexibility index (Phi) is 6.46. The van der Waals surface area contributed by atoms with E-state index in [2.05, 4.69) is 53.0 Å². The van der Waals surface area contributed by atoms with Crippen LogP contribution >= 0.6 is 0 Å². The van der Waals surface area contributed by atoms with Gasteiger partial charge in [0.2, 0.25) is 0 Å². The van der Waals surface area contributed by atoms with Crippen molar-refractivity contribution in [2.45, 2.75) is 58.2 Å². The van der Waals surface area contributed by atoms with E-state index in [1.54, 1.807) is 0 Å². The second-order valence-electron chi connectivity index (χ2n) is 5.45. The summed E-state index contributed by atoms with van der Waals surface area (Å²) in [6, 6.07) is 3.68. The maximum atomic E-state index is 8.69. The van der Waals surface area contributed by atoms with Crippen molar-refractivity contribution in [1.29, 1.82) is 10.5 Å². The van der Waals surface area contributed by atoms with Crippen LogP contribution in [0.1, 0.15) is 41.5 Å². The molecule has 0 N–H and O–H groups in total. The number of rotatable bonds is 3. The summed E-state index contributed by atoms with van der Waals surface area (Å²) in [4.78, 5) is 0. The maximum absolute atomic E-state index is 8.69. The second kappa shape index (κ2) is 7.05. The van der Waals surface area contributed by atoms with Gasteiger partial charge in [-0.15, -0.1) is 5.54 Å². The van der Waals surface area contributed by atoms with E-state index in [4.69, 9.17) is 10.5 Å². The quantitative estimate of drug-likeness (QED) is 0.433. The van der Waals surface area contributed by atoms with E-state index in [9.17, 15) is 0 Å². The summed E-state index contributed by atoms with van der Waals surface area (Å²) in [6.45, 7) is 13.4. The fraction of sp³-hybridized carbons (Fsp3) is 0.600. The van der Waals surface area contributed by atoms with E-state index < -0.39 is 8.07 Å². The van der Waals surface area contributed by atoms with Gasteiger partial charge in [-0.1, -0.05) is 47.5 Å². The molecule has 0 saturated heterocycles. The minimum absolute atomic E-state index is 0.0849. The lowest BCUT2D eigenvalue weighted by atomic mass is 10.3. The van der Waals surface area contributed by atoms with Crippen molar-refractivity contribution in [3.05, 3.63) is 11.6 Å².